The lowest BCUT2D eigenvalue weighted by molar-refractivity contribution is 0.103. The fourth-order valence-electron chi connectivity index (χ4n) is 2.17. The molecule has 0 fully saturated rings. The Morgan fingerprint density at radius 1 is 1.24 bits per heavy atom. The zero-order chi connectivity index (χ0) is 15.4. The molecule has 21 heavy (non-hydrogen) atoms. The van der Waals surface area contributed by atoms with E-state index in [1.807, 2.05) is 20.8 Å². The quantitative estimate of drug-likeness (QED) is 0.714. The second kappa shape index (κ2) is 6.31. The summed E-state index contributed by atoms with van der Waals surface area (Å²) in [6.07, 6.45) is 3.14. The predicted octanol–water partition coefficient (Wildman–Crippen LogP) is 4.27. The highest BCUT2D eigenvalue weighted by molar-refractivity contribution is 6.11. The van der Waals surface area contributed by atoms with Crippen molar-refractivity contribution >= 4 is 16.7 Å². The molecule has 0 aliphatic rings. The van der Waals surface area contributed by atoms with Gasteiger partial charge in [0.05, 0.1) is 5.69 Å². The minimum absolute atomic E-state index is 0.137. The highest BCUT2D eigenvalue weighted by atomic mass is 19.1. The molecular formula is C17H17FN2O. The smallest absolute Gasteiger partial charge is 0.211 e. The summed E-state index contributed by atoms with van der Waals surface area (Å²) in [7, 11) is 0. The lowest BCUT2D eigenvalue weighted by Gasteiger charge is -1.99. The van der Waals surface area contributed by atoms with Crippen LogP contribution in [0.25, 0.3) is 10.9 Å². The maximum Gasteiger partial charge on any atom is 0.211 e. The first-order chi connectivity index (χ1) is 10.2. The third kappa shape index (κ3) is 2.84. The number of nitrogens with zero attached hydrogens (tertiary/aromatic N) is 1. The highest BCUT2D eigenvalue weighted by Crippen LogP contribution is 2.24. The van der Waals surface area contributed by atoms with Crippen molar-refractivity contribution in [1.82, 2.24) is 9.97 Å². The van der Waals surface area contributed by atoms with Crippen molar-refractivity contribution < 1.29 is 9.18 Å². The number of ketones is 1. The molecule has 3 aromatic rings. The van der Waals surface area contributed by atoms with Crippen LogP contribution in [0.15, 0.2) is 42.7 Å². The fraction of sp³-hybridized carbons (Fsp3) is 0.176. The van der Waals surface area contributed by atoms with Crippen molar-refractivity contribution in [3.8, 4) is 0 Å². The molecule has 2 aromatic heterocycles. The van der Waals surface area contributed by atoms with Gasteiger partial charge >= 0.3 is 0 Å². The number of fused-ring (bicyclic) bond motifs is 1. The summed E-state index contributed by atoms with van der Waals surface area (Å²) in [4.78, 5) is 19.3. The number of hydrogen-bond acceptors (Lipinski definition) is 2. The molecule has 2 heterocycles. The van der Waals surface area contributed by atoms with Crippen molar-refractivity contribution in [1.29, 1.82) is 0 Å². The van der Waals surface area contributed by atoms with E-state index in [2.05, 4.69) is 9.97 Å². The first-order valence-electron chi connectivity index (χ1n) is 6.89. The molecule has 1 N–H and O–H groups in total. The summed E-state index contributed by atoms with van der Waals surface area (Å²) in [5.41, 5.74) is 2.50. The van der Waals surface area contributed by atoms with Crippen LogP contribution in [-0.4, -0.2) is 15.8 Å². The van der Waals surface area contributed by atoms with E-state index in [1.165, 1.54) is 18.3 Å². The predicted molar refractivity (Wildman–Crippen MR) is 82.0 cm³/mol. The molecule has 3 nitrogen and oxygen atoms in total. The summed E-state index contributed by atoms with van der Waals surface area (Å²) in [5.74, 6) is -0.447. The Balaban J connectivity index is 0.000000774. The van der Waals surface area contributed by atoms with Gasteiger partial charge in [-0.05, 0) is 42.8 Å². The van der Waals surface area contributed by atoms with Gasteiger partial charge in [-0.25, -0.2) is 4.39 Å². The van der Waals surface area contributed by atoms with Crippen LogP contribution in [0.5, 0.6) is 0 Å². The molecule has 1 aromatic carbocycles. The van der Waals surface area contributed by atoms with Gasteiger partial charge in [-0.2, -0.15) is 0 Å². The molecule has 0 saturated heterocycles. The zero-order valence-corrected chi connectivity index (χ0v) is 12.3. The molecule has 0 amide bonds. The molecule has 0 spiro atoms. The first-order valence-corrected chi connectivity index (χ1v) is 6.89. The summed E-state index contributed by atoms with van der Waals surface area (Å²) >= 11 is 0. The van der Waals surface area contributed by atoms with E-state index in [0.717, 1.165) is 16.5 Å². The molecule has 0 atom stereocenters. The number of benzene rings is 1. The minimum Gasteiger partial charge on any atom is -0.352 e. The fourth-order valence-corrected chi connectivity index (χ4v) is 2.17. The molecule has 0 saturated carbocycles. The zero-order valence-electron chi connectivity index (χ0n) is 12.3. The Labute approximate surface area is 122 Å². The SMILES string of the molecule is CC.Cc1c(C(=O)c2cccnc2)[nH]c2ccc(F)cc12. The maximum absolute atomic E-state index is 13.2. The lowest BCUT2D eigenvalue weighted by Crippen LogP contribution is -2.03. The van der Waals surface area contributed by atoms with Gasteiger partial charge in [-0.1, -0.05) is 13.8 Å². The molecule has 0 unspecified atom stereocenters. The van der Waals surface area contributed by atoms with E-state index in [-0.39, 0.29) is 11.6 Å². The van der Waals surface area contributed by atoms with Crippen LogP contribution in [0.1, 0.15) is 35.5 Å². The number of nitrogens with one attached hydrogen (secondary N) is 1. The van der Waals surface area contributed by atoms with Gasteiger partial charge in [0.15, 0.2) is 0 Å². The molecule has 0 aliphatic carbocycles. The van der Waals surface area contributed by atoms with E-state index >= 15 is 0 Å². The van der Waals surface area contributed by atoms with Crippen LogP contribution in [0.4, 0.5) is 4.39 Å². The van der Waals surface area contributed by atoms with Crippen LogP contribution < -0.4 is 0 Å². The van der Waals surface area contributed by atoms with Crippen molar-refractivity contribution in [2.24, 2.45) is 0 Å². The number of H-pyrrole nitrogens is 1. The van der Waals surface area contributed by atoms with E-state index in [9.17, 15) is 9.18 Å². The van der Waals surface area contributed by atoms with Crippen LogP contribution in [0.3, 0.4) is 0 Å². The van der Waals surface area contributed by atoms with Crippen molar-refractivity contribution in [2.75, 3.05) is 0 Å². The molecule has 0 aliphatic heterocycles. The van der Waals surface area contributed by atoms with Crippen LogP contribution in [0.2, 0.25) is 0 Å². The van der Waals surface area contributed by atoms with Gasteiger partial charge in [-0.15, -0.1) is 0 Å². The normalized spacial score (nSPS) is 10.1. The van der Waals surface area contributed by atoms with Gasteiger partial charge in [0.25, 0.3) is 0 Å². The summed E-state index contributed by atoms with van der Waals surface area (Å²) in [5, 5.41) is 0.729. The Bertz CT molecular complexity index is 763. The summed E-state index contributed by atoms with van der Waals surface area (Å²) < 4.78 is 13.2. The van der Waals surface area contributed by atoms with Crippen molar-refractivity contribution in [3.63, 3.8) is 0 Å². The average molecular weight is 284 g/mol. The maximum atomic E-state index is 13.2. The van der Waals surface area contributed by atoms with Gasteiger partial charge in [-0.3, -0.25) is 9.78 Å². The minimum atomic E-state index is -0.310. The Hall–Kier alpha value is -2.49. The monoisotopic (exact) mass is 284 g/mol. The molecule has 0 bridgehead atoms. The van der Waals surface area contributed by atoms with Crippen LogP contribution in [-0.2, 0) is 0 Å². The van der Waals surface area contributed by atoms with Crippen LogP contribution in [0, 0.1) is 12.7 Å². The summed E-state index contributed by atoms with van der Waals surface area (Å²) in [6.45, 7) is 5.81. The standard InChI is InChI=1S/C15H11FN2O.C2H6/c1-9-12-7-11(16)4-5-13(12)18-14(9)15(19)10-3-2-6-17-8-10;1-2/h2-8,18H,1H3;1-2H3. The number of aryl methyl sites for hydroxylation is 1. The van der Waals surface area contributed by atoms with E-state index in [4.69, 9.17) is 0 Å². The third-order valence-corrected chi connectivity index (χ3v) is 3.17. The highest BCUT2D eigenvalue weighted by Gasteiger charge is 2.16. The first kappa shape index (κ1) is 14.9. The van der Waals surface area contributed by atoms with E-state index in [0.29, 0.717) is 11.3 Å². The molecule has 0 radical (unpaired) electrons. The largest absolute Gasteiger partial charge is 0.352 e. The number of halogens is 1. The molecular weight excluding hydrogens is 267 g/mol. The van der Waals surface area contributed by atoms with Gasteiger partial charge in [0.2, 0.25) is 5.78 Å². The van der Waals surface area contributed by atoms with Crippen molar-refractivity contribution in [3.05, 3.63) is 65.4 Å². The van der Waals surface area contributed by atoms with Gasteiger partial charge in [0, 0.05) is 28.9 Å². The van der Waals surface area contributed by atoms with E-state index < -0.39 is 0 Å². The number of carbonyl (C=O) groups is 1. The summed E-state index contributed by atoms with van der Waals surface area (Å²) in [6, 6.07) is 7.86. The average Bonchev–Trinajstić information content (AvgIpc) is 2.86. The Morgan fingerprint density at radius 2 is 2.00 bits per heavy atom. The number of carbonyl (C=O) groups excluding carboxylic acids is 1. The van der Waals surface area contributed by atoms with Crippen LogP contribution >= 0.6 is 0 Å². The number of rotatable bonds is 2. The second-order valence-electron chi connectivity index (χ2n) is 4.39. The second-order valence-corrected chi connectivity index (χ2v) is 4.39. The molecule has 108 valence electrons. The Morgan fingerprint density at radius 3 is 2.67 bits per heavy atom. The topological polar surface area (TPSA) is 45.8 Å². The molecule has 3 rings (SSSR count). The lowest BCUT2D eigenvalue weighted by atomic mass is 10.1. The number of aromatic amines is 1. The Kier molecular flexibility index (Phi) is 4.48. The number of pyridine rings is 1. The number of aromatic nitrogens is 2. The van der Waals surface area contributed by atoms with Gasteiger partial charge < -0.3 is 4.98 Å². The molecule has 4 heteroatoms. The van der Waals surface area contributed by atoms with E-state index in [1.54, 1.807) is 24.4 Å². The number of hydrogen-bond donors (Lipinski definition) is 1. The van der Waals surface area contributed by atoms with Crippen molar-refractivity contribution in [2.45, 2.75) is 20.8 Å². The third-order valence-electron chi connectivity index (χ3n) is 3.17. The van der Waals surface area contributed by atoms with Gasteiger partial charge in [0.1, 0.15) is 5.82 Å².